The van der Waals surface area contributed by atoms with Crippen LogP contribution in [0.5, 0.6) is 5.75 Å². The Kier molecular flexibility index (Phi) is 5.62. The van der Waals surface area contributed by atoms with Crippen LogP contribution in [0.1, 0.15) is 13.3 Å². The number of nitrogens with zero attached hydrogens (tertiary/aromatic N) is 3. The van der Waals surface area contributed by atoms with E-state index in [-0.39, 0.29) is 0 Å². The monoisotopic (exact) mass is 268 g/mol. The van der Waals surface area contributed by atoms with Crippen molar-refractivity contribution in [2.45, 2.75) is 26.0 Å². The molecule has 0 amide bonds. The molecule has 0 saturated carbocycles. The Hall–Kier alpha value is -1.11. The molecule has 1 aromatic rings. The van der Waals surface area contributed by atoms with Crippen molar-refractivity contribution in [2.75, 3.05) is 39.3 Å². The van der Waals surface area contributed by atoms with Crippen molar-refractivity contribution in [3.8, 4) is 5.75 Å². The molecule has 1 aliphatic heterocycles. The highest BCUT2D eigenvalue weighted by molar-refractivity contribution is 5.11. The summed E-state index contributed by atoms with van der Waals surface area (Å²) in [6.45, 7) is 7.98. The first-order valence-electron chi connectivity index (χ1n) is 7.04. The van der Waals surface area contributed by atoms with E-state index < -0.39 is 6.10 Å². The Labute approximate surface area is 114 Å². The molecule has 0 aliphatic carbocycles. The number of aliphatic hydroxyl groups excluding tert-OH is 1. The molecule has 0 spiro atoms. The minimum atomic E-state index is -0.451. The van der Waals surface area contributed by atoms with Gasteiger partial charge in [0, 0.05) is 39.3 Å². The molecule has 1 fully saturated rings. The largest absolute Gasteiger partial charge is 0.488 e. The van der Waals surface area contributed by atoms with Crippen LogP contribution in [-0.2, 0) is 6.54 Å². The van der Waals surface area contributed by atoms with Gasteiger partial charge < -0.3 is 15.2 Å². The second kappa shape index (κ2) is 7.47. The second-order valence-electron chi connectivity index (χ2n) is 4.95. The molecular weight excluding hydrogens is 244 g/mol. The molecule has 2 heterocycles. The van der Waals surface area contributed by atoms with Crippen LogP contribution in [0.2, 0.25) is 0 Å². The fourth-order valence-electron chi connectivity index (χ4n) is 2.21. The predicted molar refractivity (Wildman–Crippen MR) is 73.3 cm³/mol. The van der Waals surface area contributed by atoms with Gasteiger partial charge >= 0.3 is 0 Å². The summed E-state index contributed by atoms with van der Waals surface area (Å²) in [7, 11) is 0. The van der Waals surface area contributed by atoms with Crippen molar-refractivity contribution in [1.82, 2.24) is 20.0 Å². The standard InChI is InChI=1S/C13H24N4O2/c1-2-5-17-10-13(8-15-17)19-11-12(18)9-16-6-3-14-4-7-16/h8,10,12,14,18H,2-7,9,11H2,1H3. The van der Waals surface area contributed by atoms with Gasteiger partial charge in [0.2, 0.25) is 0 Å². The van der Waals surface area contributed by atoms with E-state index in [1.165, 1.54) is 0 Å². The molecule has 0 aromatic carbocycles. The molecule has 6 heteroatoms. The highest BCUT2D eigenvalue weighted by atomic mass is 16.5. The summed E-state index contributed by atoms with van der Waals surface area (Å²) in [5.74, 6) is 0.729. The smallest absolute Gasteiger partial charge is 0.157 e. The maximum absolute atomic E-state index is 9.96. The Bertz CT molecular complexity index is 363. The average Bonchev–Trinajstić information content (AvgIpc) is 2.86. The van der Waals surface area contributed by atoms with Gasteiger partial charge in [0.15, 0.2) is 5.75 Å². The molecule has 6 nitrogen and oxygen atoms in total. The fourth-order valence-corrected chi connectivity index (χ4v) is 2.21. The maximum atomic E-state index is 9.96. The zero-order valence-corrected chi connectivity index (χ0v) is 11.6. The van der Waals surface area contributed by atoms with Gasteiger partial charge in [-0.2, -0.15) is 5.10 Å². The molecule has 1 saturated heterocycles. The number of aryl methyl sites for hydroxylation is 1. The van der Waals surface area contributed by atoms with E-state index in [2.05, 4.69) is 22.2 Å². The number of aliphatic hydroxyl groups is 1. The molecule has 0 radical (unpaired) electrons. The van der Waals surface area contributed by atoms with Crippen molar-refractivity contribution < 1.29 is 9.84 Å². The minimum absolute atomic E-state index is 0.321. The molecular formula is C13H24N4O2. The zero-order chi connectivity index (χ0) is 13.5. The van der Waals surface area contributed by atoms with Gasteiger partial charge in [0.1, 0.15) is 12.7 Å². The van der Waals surface area contributed by atoms with Crippen molar-refractivity contribution in [2.24, 2.45) is 0 Å². The van der Waals surface area contributed by atoms with Gasteiger partial charge in [-0.3, -0.25) is 9.58 Å². The summed E-state index contributed by atoms with van der Waals surface area (Å²) >= 11 is 0. The van der Waals surface area contributed by atoms with E-state index in [9.17, 15) is 5.11 Å². The van der Waals surface area contributed by atoms with E-state index in [1.807, 2.05) is 10.9 Å². The van der Waals surface area contributed by atoms with E-state index in [1.54, 1.807) is 6.20 Å². The van der Waals surface area contributed by atoms with E-state index in [0.717, 1.165) is 44.9 Å². The Morgan fingerprint density at radius 3 is 3.00 bits per heavy atom. The lowest BCUT2D eigenvalue weighted by molar-refractivity contribution is 0.0641. The first-order valence-corrected chi connectivity index (χ1v) is 7.04. The van der Waals surface area contributed by atoms with Gasteiger partial charge in [-0.15, -0.1) is 0 Å². The lowest BCUT2D eigenvalue weighted by Gasteiger charge is -2.28. The number of hydrogen-bond acceptors (Lipinski definition) is 5. The summed E-state index contributed by atoms with van der Waals surface area (Å²) in [6.07, 6.45) is 4.17. The first kappa shape index (κ1) is 14.3. The second-order valence-corrected chi connectivity index (χ2v) is 4.95. The average molecular weight is 268 g/mol. The van der Waals surface area contributed by atoms with Crippen molar-refractivity contribution in [3.05, 3.63) is 12.4 Å². The highest BCUT2D eigenvalue weighted by Crippen LogP contribution is 2.09. The SMILES string of the molecule is CCCn1cc(OCC(O)CN2CCNCC2)cn1. The number of rotatable bonds is 7. The number of hydrogen-bond donors (Lipinski definition) is 2. The molecule has 1 unspecified atom stereocenters. The molecule has 108 valence electrons. The lowest BCUT2D eigenvalue weighted by Crippen LogP contribution is -2.47. The number of β-amino-alcohol motifs (C(OH)–C–C–N with tert-alkyl or cyclic N) is 1. The molecule has 1 aliphatic rings. The van der Waals surface area contributed by atoms with Crippen LogP contribution in [0.15, 0.2) is 12.4 Å². The lowest BCUT2D eigenvalue weighted by atomic mass is 10.3. The van der Waals surface area contributed by atoms with Crippen LogP contribution in [0.3, 0.4) is 0 Å². The van der Waals surface area contributed by atoms with Crippen molar-refractivity contribution in [3.63, 3.8) is 0 Å². The van der Waals surface area contributed by atoms with Crippen LogP contribution in [0, 0.1) is 0 Å². The van der Waals surface area contributed by atoms with Gasteiger partial charge in [-0.05, 0) is 6.42 Å². The third-order valence-electron chi connectivity index (χ3n) is 3.18. The van der Waals surface area contributed by atoms with E-state index in [4.69, 9.17) is 4.74 Å². The molecule has 2 N–H and O–H groups in total. The van der Waals surface area contributed by atoms with E-state index in [0.29, 0.717) is 13.2 Å². The van der Waals surface area contributed by atoms with Crippen LogP contribution >= 0.6 is 0 Å². The maximum Gasteiger partial charge on any atom is 0.157 e. The molecule has 0 bridgehead atoms. The van der Waals surface area contributed by atoms with Gasteiger partial charge in [-0.25, -0.2) is 0 Å². The number of ether oxygens (including phenoxy) is 1. The highest BCUT2D eigenvalue weighted by Gasteiger charge is 2.14. The first-order chi connectivity index (χ1) is 9.28. The van der Waals surface area contributed by atoms with Crippen LogP contribution in [-0.4, -0.2) is 65.2 Å². The Morgan fingerprint density at radius 1 is 1.47 bits per heavy atom. The summed E-state index contributed by atoms with van der Waals surface area (Å²) in [4.78, 5) is 2.25. The normalized spacial score (nSPS) is 18.4. The van der Waals surface area contributed by atoms with Crippen LogP contribution < -0.4 is 10.1 Å². The molecule has 19 heavy (non-hydrogen) atoms. The van der Waals surface area contributed by atoms with E-state index >= 15 is 0 Å². The van der Waals surface area contributed by atoms with Gasteiger partial charge in [0.25, 0.3) is 0 Å². The third kappa shape index (κ3) is 4.81. The fraction of sp³-hybridized carbons (Fsp3) is 0.769. The Morgan fingerprint density at radius 2 is 2.26 bits per heavy atom. The van der Waals surface area contributed by atoms with Crippen LogP contribution in [0.4, 0.5) is 0 Å². The predicted octanol–water partition coefficient (Wildman–Crippen LogP) is -0.0620. The third-order valence-corrected chi connectivity index (χ3v) is 3.18. The zero-order valence-electron chi connectivity index (χ0n) is 11.6. The molecule has 1 atom stereocenters. The number of nitrogens with one attached hydrogen (secondary N) is 1. The quantitative estimate of drug-likeness (QED) is 0.725. The van der Waals surface area contributed by atoms with Crippen molar-refractivity contribution >= 4 is 0 Å². The number of piperazine rings is 1. The topological polar surface area (TPSA) is 62.6 Å². The van der Waals surface area contributed by atoms with Crippen LogP contribution in [0.25, 0.3) is 0 Å². The Balaban J connectivity index is 1.68. The van der Waals surface area contributed by atoms with Crippen molar-refractivity contribution in [1.29, 1.82) is 0 Å². The summed E-state index contributed by atoms with van der Waals surface area (Å²) in [6, 6.07) is 0. The van der Waals surface area contributed by atoms with Gasteiger partial charge in [-0.1, -0.05) is 6.92 Å². The summed E-state index contributed by atoms with van der Waals surface area (Å²) in [5.41, 5.74) is 0. The van der Waals surface area contributed by atoms with Gasteiger partial charge in [0.05, 0.1) is 12.4 Å². The molecule has 2 rings (SSSR count). The number of aromatic nitrogens is 2. The molecule has 1 aromatic heterocycles. The minimum Gasteiger partial charge on any atom is -0.488 e. The summed E-state index contributed by atoms with van der Waals surface area (Å²) in [5, 5.41) is 17.4. The summed E-state index contributed by atoms with van der Waals surface area (Å²) < 4.78 is 7.42.